The Balaban J connectivity index is 0.00000140. The normalized spacial score (nSPS) is 14.9. The minimum Gasteiger partial charge on any atom is -0.382 e. The molecule has 3 aromatic rings. The van der Waals surface area contributed by atoms with Crippen molar-refractivity contribution in [2.45, 2.75) is 23.8 Å². The third-order valence-electron chi connectivity index (χ3n) is 4.75. The summed E-state index contributed by atoms with van der Waals surface area (Å²) in [5.74, 6) is 0. The van der Waals surface area contributed by atoms with Crippen LogP contribution in [-0.4, -0.2) is 31.5 Å². The Labute approximate surface area is 182 Å². The van der Waals surface area contributed by atoms with Gasteiger partial charge in [0.2, 0.25) is 0 Å². The summed E-state index contributed by atoms with van der Waals surface area (Å²) >= 11 is 5.98. The van der Waals surface area contributed by atoms with E-state index in [1.165, 1.54) is 10.0 Å². The second-order valence-corrected chi connectivity index (χ2v) is 8.73. The number of anilines is 1. The number of nitrogens with one attached hydrogen (secondary N) is 2. The van der Waals surface area contributed by atoms with Gasteiger partial charge >= 0.3 is 0 Å². The molecule has 0 bridgehead atoms. The third-order valence-corrected chi connectivity index (χ3v) is 6.67. The van der Waals surface area contributed by atoms with Crippen molar-refractivity contribution in [3.63, 3.8) is 0 Å². The van der Waals surface area contributed by atoms with Gasteiger partial charge in [-0.3, -0.25) is 0 Å². The molecule has 2 N–H and O–H groups in total. The molecule has 2 heterocycles. The Morgan fingerprint density at radius 2 is 1.75 bits per heavy atom. The Hall–Kier alpha value is -1.44. The van der Waals surface area contributed by atoms with Gasteiger partial charge in [-0.15, -0.1) is 24.8 Å². The summed E-state index contributed by atoms with van der Waals surface area (Å²) in [5, 5.41) is 8.22. The van der Waals surface area contributed by atoms with Gasteiger partial charge in [0, 0.05) is 28.3 Å². The maximum atomic E-state index is 13.0. The molecule has 4 rings (SSSR count). The smallest absolute Gasteiger partial charge is 0.268 e. The van der Waals surface area contributed by atoms with Gasteiger partial charge in [0.05, 0.1) is 10.4 Å². The highest BCUT2D eigenvalue weighted by atomic mass is 35.5. The Bertz CT molecular complexity index is 1050. The van der Waals surface area contributed by atoms with Crippen LogP contribution >= 0.6 is 36.4 Å². The summed E-state index contributed by atoms with van der Waals surface area (Å²) in [5.41, 5.74) is 1.62. The molecule has 1 fully saturated rings. The first kappa shape index (κ1) is 22.8. The van der Waals surface area contributed by atoms with Gasteiger partial charge in [-0.25, -0.2) is 12.4 Å². The van der Waals surface area contributed by atoms with Gasteiger partial charge in [-0.2, -0.15) is 0 Å². The number of benzene rings is 2. The fourth-order valence-electron chi connectivity index (χ4n) is 3.41. The van der Waals surface area contributed by atoms with Gasteiger partial charge in [0.1, 0.15) is 0 Å². The van der Waals surface area contributed by atoms with Crippen molar-refractivity contribution in [2.24, 2.45) is 0 Å². The van der Waals surface area contributed by atoms with E-state index in [2.05, 4.69) is 10.6 Å². The van der Waals surface area contributed by atoms with Gasteiger partial charge in [0.15, 0.2) is 0 Å². The summed E-state index contributed by atoms with van der Waals surface area (Å²) in [6.45, 7) is 2.00. The molecule has 1 aromatic heterocycles. The Morgan fingerprint density at radius 3 is 2.46 bits per heavy atom. The number of fused-ring (bicyclic) bond motifs is 1. The molecule has 0 unspecified atom stereocenters. The van der Waals surface area contributed by atoms with Crippen LogP contribution in [0.25, 0.3) is 10.9 Å². The zero-order valence-corrected chi connectivity index (χ0v) is 18.2. The van der Waals surface area contributed by atoms with Gasteiger partial charge < -0.3 is 10.6 Å². The van der Waals surface area contributed by atoms with Crippen LogP contribution in [-0.2, 0) is 10.0 Å². The van der Waals surface area contributed by atoms with E-state index in [1.807, 2.05) is 24.3 Å². The van der Waals surface area contributed by atoms with Gasteiger partial charge in [-0.05, 0) is 62.3 Å². The van der Waals surface area contributed by atoms with Gasteiger partial charge in [-0.1, -0.05) is 23.7 Å². The van der Waals surface area contributed by atoms with Crippen LogP contribution in [0.2, 0.25) is 5.02 Å². The average molecular weight is 463 g/mol. The Morgan fingerprint density at radius 1 is 1.04 bits per heavy atom. The predicted molar refractivity (Wildman–Crippen MR) is 120 cm³/mol. The summed E-state index contributed by atoms with van der Waals surface area (Å²) in [6, 6.07) is 14.3. The molecule has 1 aliphatic rings. The largest absolute Gasteiger partial charge is 0.382 e. The maximum absolute atomic E-state index is 13.0. The molecule has 0 spiro atoms. The lowest BCUT2D eigenvalue weighted by Gasteiger charge is -2.25. The van der Waals surface area contributed by atoms with E-state index in [-0.39, 0.29) is 29.7 Å². The zero-order valence-electron chi connectivity index (χ0n) is 15.0. The van der Waals surface area contributed by atoms with Crippen LogP contribution in [0.15, 0.2) is 59.6 Å². The van der Waals surface area contributed by atoms with Crippen molar-refractivity contribution in [1.82, 2.24) is 9.29 Å². The van der Waals surface area contributed by atoms with Crippen molar-refractivity contribution in [3.05, 3.63) is 59.8 Å². The number of piperidine rings is 1. The van der Waals surface area contributed by atoms with Crippen LogP contribution in [0.1, 0.15) is 12.8 Å². The molecule has 9 heteroatoms. The lowest BCUT2D eigenvalue weighted by Crippen LogP contribution is -2.35. The fraction of sp³-hybridized carbons (Fsp3) is 0.263. The van der Waals surface area contributed by atoms with Crippen LogP contribution in [0.4, 0.5) is 5.69 Å². The van der Waals surface area contributed by atoms with E-state index in [0.717, 1.165) is 37.0 Å². The second-order valence-electron chi connectivity index (χ2n) is 6.48. The SMILES string of the molecule is Cl.Cl.O=S(=O)(c1cccc(Cl)c1)n1ccc2c(NC3CCNCC3)cccc21. The van der Waals surface area contributed by atoms with E-state index < -0.39 is 10.0 Å². The van der Waals surface area contributed by atoms with Crippen LogP contribution in [0, 0.1) is 0 Å². The molecule has 0 atom stereocenters. The second kappa shape index (κ2) is 9.37. The number of nitrogens with zero attached hydrogens (tertiary/aromatic N) is 1. The molecule has 1 saturated heterocycles. The molecule has 0 radical (unpaired) electrons. The zero-order chi connectivity index (χ0) is 18.1. The molecule has 5 nitrogen and oxygen atoms in total. The Kier molecular flexibility index (Phi) is 7.65. The summed E-state index contributed by atoms with van der Waals surface area (Å²) in [4.78, 5) is 0.180. The molecule has 0 saturated carbocycles. The lowest BCUT2D eigenvalue weighted by molar-refractivity contribution is 0.479. The van der Waals surface area contributed by atoms with E-state index in [1.54, 1.807) is 24.4 Å². The van der Waals surface area contributed by atoms with E-state index >= 15 is 0 Å². The molecular formula is C19H22Cl3N3O2S. The number of hydrogen-bond acceptors (Lipinski definition) is 4. The quantitative estimate of drug-likeness (QED) is 0.597. The van der Waals surface area contributed by atoms with Crippen molar-refractivity contribution < 1.29 is 8.42 Å². The first-order valence-corrected chi connectivity index (χ1v) is 10.5. The molecule has 0 amide bonds. The summed E-state index contributed by atoms with van der Waals surface area (Å²) in [7, 11) is -3.70. The van der Waals surface area contributed by atoms with Crippen molar-refractivity contribution in [1.29, 1.82) is 0 Å². The average Bonchev–Trinajstić information content (AvgIpc) is 3.09. The molecule has 0 aliphatic carbocycles. The molecule has 152 valence electrons. The maximum Gasteiger partial charge on any atom is 0.268 e. The molecule has 1 aliphatic heterocycles. The first-order valence-electron chi connectivity index (χ1n) is 8.64. The number of halogens is 3. The summed E-state index contributed by atoms with van der Waals surface area (Å²) in [6.07, 6.45) is 3.71. The molecule has 28 heavy (non-hydrogen) atoms. The van der Waals surface area contributed by atoms with Gasteiger partial charge in [0.25, 0.3) is 10.0 Å². The highest BCUT2D eigenvalue weighted by Gasteiger charge is 2.21. The minimum absolute atomic E-state index is 0. The number of rotatable bonds is 4. The number of hydrogen-bond donors (Lipinski definition) is 2. The monoisotopic (exact) mass is 461 g/mol. The van der Waals surface area contributed by atoms with E-state index in [4.69, 9.17) is 11.6 Å². The van der Waals surface area contributed by atoms with E-state index in [9.17, 15) is 8.42 Å². The predicted octanol–water partition coefficient (Wildman–Crippen LogP) is 4.54. The van der Waals surface area contributed by atoms with Crippen molar-refractivity contribution in [2.75, 3.05) is 18.4 Å². The fourth-order valence-corrected chi connectivity index (χ4v) is 5.05. The van der Waals surface area contributed by atoms with E-state index in [0.29, 0.717) is 16.6 Å². The van der Waals surface area contributed by atoms with Crippen LogP contribution < -0.4 is 10.6 Å². The molecular weight excluding hydrogens is 441 g/mol. The van der Waals surface area contributed by atoms with Crippen LogP contribution in [0.3, 0.4) is 0 Å². The lowest BCUT2D eigenvalue weighted by atomic mass is 10.1. The third kappa shape index (κ3) is 4.42. The standard InChI is InChI=1S/C19H20ClN3O2S.2ClH/c20-14-3-1-4-16(13-14)26(24,25)23-12-9-17-18(5-2-6-19(17)23)22-15-7-10-21-11-8-15;;/h1-6,9,12-13,15,21-22H,7-8,10-11H2;2*1H. The molecule has 2 aromatic carbocycles. The first-order chi connectivity index (χ1) is 12.6. The minimum atomic E-state index is -3.70. The highest BCUT2D eigenvalue weighted by Crippen LogP contribution is 2.29. The van der Waals surface area contributed by atoms with Crippen molar-refractivity contribution >= 4 is 63.0 Å². The highest BCUT2D eigenvalue weighted by molar-refractivity contribution is 7.90. The van der Waals surface area contributed by atoms with Crippen molar-refractivity contribution in [3.8, 4) is 0 Å². The topological polar surface area (TPSA) is 63.1 Å². The number of aromatic nitrogens is 1. The van der Waals surface area contributed by atoms with Crippen LogP contribution in [0.5, 0.6) is 0 Å². The summed E-state index contributed by atoms with van der Waals surface area (Å²) < 4.78 is 27.4.